The minimum Gasteiger partial charge on any atom is -0.478 e. The van der Waals surface area contributed by atoms with Crippen molar-refractivity contribution in [3.05, 3.63) is 59.6 Å². The van der Waals surface area contributed by atoms with Gasteiger partial charge in [0.2, 0.25) is 5.91 Å². The summed E-state index contributed by atoms with van der Waals surface area (Å²) in [7, 11) is 0. The molecule has 0 saturated heterocycles. The van der Waals surface area contributed by atoms with Crippen LogP contribution in [0.3, 0.4) is 0 Å². The fourth-order valence-electron chi connectivity index (χ4n) is 1.58. The summed E-state index contributed by atoms with van der Waals surface area (Å²) in [6.45, 7) is 1.82. The lowest BCUT2D eigenvalue weighted by Crippen LogP contribution is -2.07. The number of carbonyl (C=O) groups is 2. The van der Waals surface area contributed by atoms with Crippen molar-refractivity contribution in [2.24, 2.45) is 0 Å². The zero-order valence-electron chi connectivity index (χ0n) is 10.8. The normalized spacial score (nSPS) is 10.7. The number of furan rings is 1. The third-order valence-corrected chi connectivity index (χ3v) is 2.56. The van der Waals surface area contributed by atoms with E-state index in [1.165, 1.54) is 30.3 Å². The number of anilines is 1. The SMILES string of the molecule is Cc1ccc(C=CC(=O)Nc2ccc(C(=O)O)cc2)o1. The Balaban J connectivity index is 1.97. The summed E-state index contributed by atoms with van der Waals surface area (Å²) in [5.41, 5.74) is 0.699. The van der Waals surface area contributed by atoms with Gasteiger partial charge in [0.1, 0.15) is 11.5 Å². The maximum Gasteiger partial charge on any atom is 0.335 e. The number of hydrogen-bond donors (Lipinski definition) is 2. The largest absolute Gasteiger partial charge is 0.478 e. The molecule has 0 bridgehead atoms. The van der Waals surface area contributed by atoms with Gasteiger partial charge in [0.15, 0.2) is 0 Å². The van der Waals surface area contributed by atoms with E-state index in [0.717, 1.165) is 5.76 Å². The first kappa shape index (κ1) is 13.6. The van der Waals surface area contributed by atoms with Gasteiger partial charge in [-0.15, -0.1) is 0 Å². The van der Waals surface area contributed by atoms with Gasteiger partial charge >= 0.3 is 5.97 Å². The highest BCUT2D eigenvalue weighted by molar-refractivity contribution is 6.02. The molecule has 0 spiro atoms. The maximum atomic E-state index is 11.7. The number of carboxylic acid groups (broad SMARTS) is 1. The van der Waals surface area contributed by atoms with Crippen molar-refractivity contribution in [1.29, 1.82) is 0 Å². The molecule has 5 nitrogen and oxygen atoms in total. The summed E-state index contributed by atoms with van der Waals surface area (Å²) < 4.78 is 5.29. The van der Waals surface area contributed by atoms with E-state index in [1.807, 2.05) is 13.0 Å². The number of aryl methyl sites for hydroxylation is 1. The van der Waals surface area contributed by atoms with Crippen molar-refractivity contribution < 1.29 is 19.1 Å². The van der Waals surface area contributed by atoms with Crippen molar-refractivity contribution in [3.8, 4) is 0 Å². The van der Waals surface area contributed by atoms with E-state index >= 15 is 0 Å². The molecule has 1 aromatic carbocycles. The Hall–Kier alpha value is -2.82. The lowest BCUT2D eigenvalue weighted by molar-refractivity contribution is -0.111. The van der Waals surface area contributed by atoms with E-state index in [9.17, 15) is 9.59 Å². The Bertz CT molecular complexity index is 653. The second-order valence-corrected chi connectivity index (χ2v) is 4.15. The molecule has 1 heterocycles. The van der Waals surface area contributed by atoms with E-state index in [0.29, 0.717) is 11.4 Å². The standard InChI is InChI=1S/C15H13NO4/c1-10-2-7-13(20-10)8-9-14(17)16-12-5-3-11(4-6-12)15(18)19/h2-9H,1H3,(H,16,17)(H,18,19). The Morgan fingerprint density at radius 2 is 1.85 bits per heavy atom. The molecule has 0 radical (unpaired) electrons. The van der Waals surface area contributed by atoms with E-state index in [-0.39, 0.29) is 11.5 Å². The van der Waals surface area contributed by atoms with Crippen LogP contribution in [-0.4, -0.2) is 17.0 Å². The van der Waals surface area contributed by atoms with E-state index in [1.54, 1.807) is 12.1 Å². The molecule has 0 unspecified atom stereocenters. The first-order chi connectivity index (χ1) is 9.54. The monoisotopic (exact) mass is 271 g/mol. The Kier molecular flexibility index (Phi) is 4.00. The van der Waals surface area contributed by atoms with Crippen molar-refractivity contribution in [1.82, 2.24) is 0 Å². The van der Waals surface area contributed by atoms with Gasteiger partial charge in [-0.2, -0.15) is 0 Å². The summed E-state index contributed by atoms with van der Waals surface area (Å²) in [6.07, 6.45) is 2.91. The fraction of sp³-hybridized carbons (Fsp3) is 0.0667. The zero-order valence-corrected chi connectivity index (χ0v) is 10.8. The molecular formula is C15H13NO4. The topological polar surface area (TPSA) is 79.5 Å². The molecule has 2 rings (SSSR count). The smallest absolute Gasteiger partial charge is 0.335 e. The molecule has 20 heavy (non-hydrogen) atoms. The van der Waals surface area contributed by atoms with E-state index in [4.69, 9.17) is 9.52 Å². The van der Waals surface area contributed by atoms with Gasteiger partial charge in [0.25, 0.3) is 0 Å². The maximum absolute atomic E-state index is 11.7. The van der Waals surface area contributed by atoms with Crippen LogP contribution in [-0.2, 0) is 4.79 Å². The Morgan fingerprint density at radius 1 is 1.15 bits per heavy atom. The van der Waals surface area contributed by atoms with Crippen LogP contribution in [0.2, 0.25) is 0 Å². The number of carboxylic acids is 1. The van der Waals surface area contributed by atoms with Crippen molar-refractivity contribution in [2.75, 3.05) is 5.32 Å². The number of aromatic carboxylic acids is 1. The first-order valence-electron chi connectivity index (χ1n) is 5.93. The van der Waals surface area contributed by atoms with Crippen LogP contribution in [0.1, 0.15) is 21.9 Å². The van der Waals surface area contributed by atoms with Gasteiger partial charge < -0.3 is 14.8 Å². The van der Waals surface area contributed by atoms with Gasteiger partial charge in [0.05, 0.1) is 5.56 Å². The van der Waals surface area contributed by atoms with Crippen LogP contribution >= 0.6 is 0 Å². The van der Waals surface area contributed by atoms with Crippen molar-refractivity contribution >= 4 is 23.6 Å². The number of nitrogens with one attached hydrogen (secondary N) is 1. The van der Waals surface area contributed by atoms with Gasteiger partial charge in [-0.3, -0.25) is 4.79 Å². The molecule has 1 amide bonds. The minimum atomic E-state index is -1.00. The first-order valence-corrected chi connectivity index (χ1v) is 5.93. The number of benzene rings is 1. The lowest BCUT2D eigenvalue weighted by Gasteiger charge is -2.02. The quantitative estimate of drug-likeness (QED) is 0.838. The van der Waals surface area contributed by atoms with Gasteiger partial charge in [0, 0.05) is 11.8 Å². The van der Waals surface area contributed by atoms with Gasteiger partial charge in [-0.1, -0.05) is 0 Å². The molecule has 2 aromatic rings. The summed E-state index contributed by atoms with van der Waals surface area (Å²) in [4.78, 5) is 22.3. The lowest BCUT2D eigenvalue weighted by atomic mass is 10.2. The molecule has 0 saturated carbocycles. The number of hydrogen-bond acceptors (Lipinski definition) is 3. The molecule has 0 atom stereocenters. The predicted octanol–water partition coefficient (Wildman–Crippen LogP) is 2.94. The number of carbonyl (C=O) groups excluding carboxylic acids is 1. The second-order valence-electron chi connectivity index (χ2n) is 4.15. The summed E-state index contributed by atoms with van der Waals surface area (Å²) >= 11 is 0. The molecule has 2 N–H and O–H groups in total. The second kappa shape index (κ2) is 5.88. The molecule has 1 aromatic heterocycles. The minimum absolute atomic E-state index is 0.171. The summed E-state index contributed by atoms with van der Waals surface area (Å²) in [5, 5.41) is 11.4. The highest BCUT2D eigenvalue weighted by atomic mass is 16.4. The Morgan fingerprint density at radius 3 is 2.40 bits per heavy atom. The molecule has 0 fully saturated rings. The van der Waals surface area contributed by atoms with Gasteiger partial charge in [-0.25, -0.2) is 4.79 Å². The van der Waals surface area contributed by atoms with Crippen molar-refractivity contribution in [3.63, 3.8) is 0 Å². The Labute approximate surface area is 115 Å². The van der Waals surface area contributed by atoms with Crippen LogP contribution in [0, 0.1) is 6.92 Å². The summed E-state index contributed by atoms with van der Waals surface area (Å²) in [5.74, 6) is 0.0475. The van der Waals surface area contributed by atoms with Crippen LogP contribution < -0.4 is 5.32 Å². The number of rotatable bonds is 4. The average molecular weight is 271 g/mol. The molecule has 0 aliphatic rings. The van der Waals surface area contributed by atoms with Crippen LogP contribution in [0.5, 0.6) is 0 Å². The third-order valence-electron chi connectivity index (χ3n) is 2.56. The van der Waals surface area contributed by atoms with Crippen LogP contribution in [0.15, 0.2) is 46.9 Å². The molecule has 5 heteroatoms. The van der Waals surface area contributed by atoms with Gasteiger partial charge in [-0.05, 0) is 49.4 Å². The fourth-order valence-corrected chi connectivity index (χ4v) is 1.58. The predicted molar refractivity (Wildman–Crippen MR) is 74.5 cm³/mol. The van der Waals surface area contributed by atoms with Crippen LogP contribution in [0.4, 0.5) is 5.69 Å². The highest BCUT2D eigenvalue weighted by Crippen LogP contribution is 2.11. The number of amides is 1. The third kappa shape index (κ3) is 3.58. The van der Waals surface area contributed by atoms with E-state index in [2.05, 4.69) is 5.32 Å². The highest BCUT2D eigenvalue weighted by Gasteiger charge is 2.03. The molecule has 0 aliphatic carbocycles. The van der Waals surface area contributed by atoms with E-state index < -0.39 is 5.97 Å². The zero-order chi connectivity index (χ0) is 14.5. The average Bonchev–Trinajstić information content (AvgIpc) is 2.83. The van der Waals surface area contributed by atoms with Crippen LogP contribution in [0.25, 0.3) is 6.08 Å². The van der Waals surface area contributed by atoms with Crippen molar-refractivity contribution in [2.45, 2.75) is 6.92 Å². The molecule has 102 valence electrons. The molecular weight excluding hydrogens is 258 g/mol. The summed E-state index contributed by atoms with van der Waals surface area (Å²) in [6, 6.07) is 9.50. The molecule has 0 aliphatic heterocycles.